The lowest BCUT2D eigenvalue weighted by Gasteiger charge is -2.40. The minimum absolute atomic E-state index is 0.0545. The van der Waals surface area contributed by atoms with E-state index in [4.69, 9.17) is 23.9 Å². The molecule has 2 N–H and O–H groups in total. The average Bonchev–Trinajstić information content (AvgIpc) is 3.43. The summed E-state index contributed by atoms with van der Waals surface area (Å²) in [6.45, 7) is 4.36. The zero-order valence-electron chi connectivity index (χ0n) is 18.6. The molecule has 1 saturated heterocycles. The van der Waals surface area contributed by atoms with Gasteiger partial charge < -0.3 is 29.4 Å². The minimum Gasteiger partial charge on any atom is -0.493 e. The molecule has 3 aromatic rings. The molecule has 0 aliphatic carbocycles. The van der Waals surface area contributed by atoms with E-state index in [9.17, 15) is 9.90 Å². The van der Waals surface area contributed by atoms with E-state index in [1.54, 1.807) is 13.2 Å². The lowest BCUT2D eigenvalue weighted by Crippen LogP contribution is -2.64. The molecule has 0 unspecified atom stereocenters. The van der Waals surface area contributed by atoms with Gasteiger partial charge in [-0.15, -0.1) is 11.3 Å². The minimum atomic E-state index is -0.782. The Hall–Kier alpha value is -3.08. The Morgan fingerprint density at radius 2 is 2.18 bits per heavy atom. The highest BCUT2D eigenvalue weighted by Crippen LogP contribution is 2.43. The van der Waals surface area contributed by atoms with Gasteiger partial charge in [-0.25, -0.2) is 4.98 Å². The number of aliphatic hydroxyl groups excluding tert-OH is 1. The van der Waals surface area contributed by atoms with E-state index in [0.29, 0.717) is 34.5 Å². The number of ether oxygens (including phenoxy) is 4. The average molecular weight is 472 g/mol. The van der Waals surface area contributed by atoms with Crippen LogP contribution in [0.4, 0.5) is 0 Å². The standard InChI is InChI=1S/C23H25N3O6S/c1-13(2)32-18-7-14-16(8-17(18)29-3)31-9-15-20(22(28)25-23(10-27)11-30-12-23)24-21(26(14)15)19-5-4-6-33-19/h4-8,13,27H,9-12H2,1-3H3,(H,25,28). The second-order valence-corrected chi connectivity index (χ2v) is 9.30. The number of carbonyl (C=O) groups excluding carboxylic acids is 1. The van der Waals surface area contributed by atoms with Gasteiger partial charge in [-0.3, -0.25) is 9.36 Å². The summed E-state index contributed by atoms with van der Waals surface area (Å²) in [5.41, 5.74) is 0.810. The van der Waals surface area contributed by atoms with Crippen molar-refractivity contribution in [2.75, 3.05) is 26.9 Å². The number of rotatable bonds is 7. The van der Waals surface area contributed by atoms with Crippen molar-refractivity contribution in [3.63, 3.8) is 0 Å². The summed E-state index contributed by atoms with van der Waals surface area (Å²) in [7, 11) is 1.58. The highest BCUT2D eigenvalue weighted by molar-refractivity contribution is 7.13. The highest BCUT2D eigenvalue weighted by atomic mass is 32.1. The molecule has 174 valence electrons. The Morgan fingerprint density at radius 3 is 2.79 bits per heavy atom. The molecule has 2 aromatic heterocycles. The van der Waals surface area contributed by atoms with E-state index in [1.165, 1.54) is 11.3 Å². The number of nitrogens with one attached hydrogen (secondary N) is 1. The van der Waals surface area contributed by atoms with Crippen LogP contribution in [0, 0.1) is 0 Å². The van der Waals surface area contributed by atoms with Crippen molar-refractivity contribution in [2.45, 2.75) is 32.1 Å². The number of fused-ring (bicyclic) bond motifs is 3. The van der Waals surface area contributed by atoms with Gasteiger partial charge in [0.1, 0.15) is 17.9 Å². The maximum atomic E-state index is 13.2. The first-order valence-corrected chi connectivity index (χ1v) is 11.5. The van der Waals surface area contributed by atoms with Crippen LogP contribution in [-0.4, -0.2) is 59.1 Å². The molecule has 2 aliphatic heterocycles. The van der Waals surface area contributed by atoms with Gasteiger partial charge in [-0.05, 0) is 25.3 Å². The number of methoxy groups -OCH3 is 1. The third-order valence-corrected chi connectivity index (χ3v) is 6.45. The first kappa shape index (κ1) is 21.7. The number of imidazole rings is 1. The van der Waals surface area contributed by atoms with Gasteiger partial charge >= 0.3 is 0 Å². The number of hydrogen-bond donors (Lipinski definition) is 2. The van der Waals surface area contributed by atoms with Crippen molar-refractivity contribution in [3.8, 4) is 33.6 Å². The van der Waals surface area contributed by atoms with E-state index in [-0.39, 0.29) is 44.1 Å². The molecule has 4 heterocycles. The van der Waals surface area contributed by atoms with Gasteiger partial charge in [0, 0.05) is 12.1 Å². The molecule has 1 amide bonds. The van der Waals surface area contributed by atoms with Crippen LogP contribution >= 0.6 is 11.3 Å². The van der Waals surface area contributed by atoms with Crippen LogP contribution in [0.15, 0.2) is 29.6 Å². The van der Waals surface area contributed by atoms with Gasteiger partial charge in [0.15, 0.2) is 23.0 Å². The molecule has 1 aromatic carbocycles. The molecule has 10 heteroatoms. The predicted molar refractivity (Wildman–Crippen MR) is 122 cm³/mol. The predicted octanol–water partition coefficient (Wildman–Crippen LogP) is 2.78. The summed E-state index contributed by atoms with van der Waals surface area (Å²) in [5, 5.41) is 14.6. The topological polar surface area (TPSA) is 104 Å². The van der Waals surface area contributed by atoms with Crippen molar-refractivity contribution >= 4 is 17.2 Å². The van der Waals surface area contributed by atoms with Gasteiger partial charge in [-0.1, -0.05) is 6.07 Å². The van der Waals surface area contributed by atoms with E-state index in [2.05, 4.69) is 5.32 Å². The number of hydrogen-bond acceptors (Lipinski definition) is 8. The fourth-order valence-electron chi connectivity index (χ4n) is 3.92. The van der Waals surface area contributed by atoms with Crippen molar-refractivity contribution in [2.24, 2.45) is 0 Å². The molecule has 0 bridgehead atoms. The SMILES string of the molecule is COc1cc2c(cc1OC(C)C)-n1c(-c3cccs3)nc(C(=O)NC3(CO)COC3)c1CO2. The summed E-state index contributed by atoms with van der Waals surface area (Å²) in [6.07, 6.45) is -0.0545. The normalized spacial score (nSPS) is 15.8. The van der Waals surface area contributed by atoms with Crippen LogP contribution in [0.25, 0.3) is 16.4 Å². The number of amides is 1. The molecule has 33 heavy (non-hydrogen) atoms. The molecule has 0 atom stereocenters. The summed E-state index contributed by atoms with van der Waals surface area (Å²) in [4.78, 5) is 18.9. The zero-order valence-corrected chi connectivity index (χ0v) is 19.4. The second kappa shape index (κ2) is 8.36. The first-order chi connectivity index (χ1) is 15.9. The molecular weight excluding hydrogens is 446 g/mol. The number of nitrogens with zero attached hydrogens (tertiary/aromatic N) is 2. The smallest absolute Gasteiger partial charge is 0.272 e. The van der Waals surface area contributed by atoms with Gasteiger partial charge in [0.2, 0.25) is 0 Å². The quantitative estimate of drug-likeness (QED) is 0.546. The Balaban J connectivity index is 1.65. The van der Waals surface area contributed by atoms with Crippen LogP contribution in [0.1, 0.15) is 30.0 Å². The van der Waals surface area contributed by atoms with Crippen molar-refractivity contribution in [1.82, 2.24) is 14.9 Å². The number of thiophene rings is 1. The van der Waals surface area contributed by atoms with Crippen LogP contribution in [0.5, 0.6) is 17.2 Å². The van der Waals surface area contributed by atoms with Crippen molar-refractivity contribution in [3.05, 3.63) is 41.0 Å². The summed E-state index contributed by atoms with van der Waals surface area (Å²) in [6, 6.07) is 7.54. The maximum Gasteiger partial charge on any atom is 0.272 e. The molecule has 0 saturated carbocycles. The Bertz CT molecular complexity index is 1180. The summed E-state index contributed by atoms with van der Waals surface area (Å²) in [5.74, 6) is 2.01. The Morgan fingerprint density at radius 1 is 1.36 bits per heavy atom. The zero-order chi connectivity index (χ0) is 23.2. The number of aromatic nitrogens is 2. The van der Waals surface area contributed by atoms with Crippen LogP contribution in [0.3, 0.4) is 0 Å². The van der Waals surface area contributed by atoms with Crippen LogP contribution in [-0.2, 0) is 11.3 Å². The fourth-order valence-corrected chi connectivity index (χ4v) is 4.63. The molecule has 9 nitrogen and oxygen atoms in total. The van der Waals surface area contributed by atoms with Gasteiger partial charge in [0.25, 0.3) is 5.91 Å². The van der Waals surface area contributed by atoms with Gasteiger partial charge in [-0.2, -0.15) is 0 Å². The molecule has 1 fully saturated rings. The summed E-state index contributed by atoms with van der Waals surface area (Å²) < 4.78 is 24.6. The van der Waals surface area contributed by atoms with E-state index >= 15 is 0 Å². The Kier molecular flexibility index (Phi) is 5.51. The largest absolute Gasteiger partial charge is 0.493 e. The highest BCUT2D eigenvalue weighted by Gasteiger charge is 2.41. The maximum absolute atomic E-state index is 13.2. The van der Waals surface area contributed by atoms with E-state index in [1.807, 2.05) is 42.0 Å². The van der Waals surface area contributed by atoms with Crippen LogP contribution in [0.2, 0.25) is 0 Å². The third kappa shape index (κ3) is 3.73. The monoisotopic (exact) mass is 471 g/mol. The van der Waals surface area contributed by atoms with Gasteiger partial charge in [0.05, 0.1) is 49.3 Å². The molecular formula is C23H25N3O6S. The van der Waals surface area contributed by atoms with E-state index < -0.39 is 5.54 Å². The summed E-state index contributed by atoms with van der Waals surface area (Å²) >= 11 is 1.53. The lowest BCUT2D eigenvalue weighted by atomic mass is 9.98. The van der Waals surface area contributed by atoms with Crippen molar-refractivity contribution < 1.29 is 28.8 Å². The number of benzene rings is 1. The number of carbonyl (C=O) groups is 1. The lowest BCUT2D eigenvalue weighted by molar-refractivity contribution is -0.0920. The molecule has 2 aliphatic rings. The fraction of sp³-hybridized carbons (Fsp3) is 0.391. The number of aliphatic hydroxyl groups is 1. The Labute approximate surface area is 194 Å². The molecule has 5 rings (SSSR count). The van der Waals surface area contributed by atoms with E-state index in [0.717, 1.165) is 4.88 Å². The molecule has 0 spiro atoms. The third-order valence-electron chi connectivity index (χ3n) is 5.58. The second-order valence-electron chi connectivity index (χ2n) is 8.35. The molecule has 0 radical (unpaired) electrons. The van der Waals surface area contributed by atoms with Crippen molar-refractivity contribution in [1.29, 1.82) is 0 Å². The first-order valence-electron chi connectivity index (χ1n) is 10.6. The van der Waals surface area contributed by atoms with Crippen LogP contribution < -0.4 is 19.5 Å².